The van der Waals surface area contributed by atoms with E-state index in [4.69, 9.17) is 0 Å². The molecule has 0 unspecified atom stereocenters. The number of likely N-dealkylation sites (N-methyl/N-ethyl adjacent to an activating group) is 1. The Morgan fingerprint density at radius 1 is 1.13 bits per heavy atom. The van der Waals surface area contributed by atoms with E-state index in [1.807, 2.05) is 6.92 Å². The van der Waals surface area contributed by atoms with E-state index in [9.17, 15) is 22.0 Å². The van der Waals surface area contributed by atoms with E-state index in [0.717, 1.165) is 24.3 Å². The predicted octanol–water partition coefficient (Wildman–Crippen LogP) is 6.99. The van der Waals surface area contributed by atoms with Crippen LogP contribution in [-0.4, -0.2) is 16.9 Å². The second-order valence-corrected chi connectivity index (χ2v) is 7.22. The van der Waals surface area contributed by atoms with Crippen molar-refractivity contribution in [3.8, 4) is 0 Å². The van der Waals surface area contributed by atoms with Gasteiger partial charge < -0.3 is 15.2 Å². The summed E-state index contributed by atoms with van der Waals surface area (Å²) in [5, 5.41) is 3.45. The number of nitrogens with zero attached hydrogens (tertiary/aromatic N) is 1. The quantitative estimate of drug-likeness (QED) is 0.310. The molecule has 3 rings (SSSR count). The van der Waals surface area contributed by atoms with Crippen molar-refractivity contribution in [2.24, 2.45) is 0 Å². The molecule has 0 aliphatic carbocycles. The summed E-state index contributed by atoms with van der Waals surface area (Å²) < 4.78 is 66.4. The maximum Gasteiger partial charge on any atom is 0.416 e. The van der Waals surface area contributed by atoms with Crippen LogP contribution < -0.4 is 5.32 Å². The summed E-state index contributed by atoms with van der Waals surface area (Å²) in [6.45, 7) is 9.82. The number of aromatic nitrogens is 1. The van der Waals surface area contributed by atoms with Crippen LogP contribution in [-0.2, 0) is 6.18 Å². The van der Waals surface area contributed by atoms with Gasteiger partial charge in [0.2, 0.25) is 0 Å². The van der Waals surface area contributed by atoms with Crippen LogP contribution >= 0.6 is 0 Å². The molecule has 0 aliphatic heterocycles. The fourth-order valence-electron chi connectivity index (χ4n) is 3.51. The summed E-state index contributed by atoms with van der Waals surface area (Å²) in [4.78, 5) is 4.59. The first-order valence-corrected chi connectivity index (χ1v) is 9.54. The molecular formula is C23H22F5N3. The number of alkyl halides is 3. The van der Waals surface area contributed by atoms with Crippen molar-refractivity contribution in [3.05, 3.63) is 89.9 Å². The zero-order valence-corrected chi connectivity index (χ0v) is 17.1. The standard InChI is InChI=1S/C23H22F5N3/c1-5-22(15-7-6-8-16(9-15)23(26,27)28)31(4)14(3)13(2)30-21-12-29-20-11-19(25)18(24)10-17(20)21/h6-12,22,29-30H,2-3,5H2,1,4H3/t22-/m0/s1. The number of halogens is 5. The average molecular weight is 435 g/mol. The third-order valence-electron chi connectivity index (χ3n) is 5.24. The summed E-state index contributed by atoms with van der Waals surface area (Å²) in [5.41, 5.74) is 1.48. The first-order chi connectivity index (χ1) is 14.5. The monoisotopic (exact) mass is 435 g/mol. The molecule has 8 heteroatoms. The van der Waals surface area contributed by atoms with Gasteiger partial charge in [0.15, 0.2) is 11.6 Å². The van der Waals surface area contributed by atoms with Gasteiger partial charge in [-0.1, -0.05) is 32.2 Å². The smallest absolute Gasteiger partial charge is 0.366 e. The van der Waals surface area contributed by atoms with E-state index in [2.05, 4.69) is 23.5 Å². The lowest BCUT2D eigenvalue weighted by atomic mass is 10.00. The minimum atomic E-state index is -4.43. The Morgan fingerprint density at radius 2 is 1.81 bits per heavy atom. The molecule has 0 radical (unpaired) electrons. The third-order valence-corrected chi connectivity index (χ3v) is 5.24. The highest BCUT2D eigenvalue weighted by molar-refractivity contribution is 5.93. The van der Waals surface area contributed by atoms with Gasteiger partial charge in [-0.2, -0.15) is 13.2 Å². The largest absolute Gasteiger partial charge is 0.416 e. The van der Waals surface area contributed by atoms with Crippen molar-refractivity contribution in [2.45, 2.75) is 25.6 Å². The Kier molecular flexibility index (Phi) is 6.10. The van der Waals surface area contributed by atoms with Crippen molar-refractivity contribution < 1.29 is 22.0 Å². The van der Waals surface area contributed by atoms with Crippen molar-refractivity contribution in [3.63, 3.8) is 0 Å². The molecule has 2 aromatic carbocycles. The summed E-state index contributed by atoms with van der Waals surface area (Å²) in [7, 11) is 1.72. The highest BCUT2D eigenvalue weighted by Gasteiger charge is 2.31. The molecule has 0 amide bonds. The van der Waals surface area contributed by atoms with E-state index < -0.39 is 23.4 Å². The van der Waals surface area contributed by atoms with E-state index in [1.165, 1.54) is 6.07 Å². The van der Waals surface area contributed by atoms with Crippen molar-refractivity contribution >= 4 is 16.6 Å². The van der Waals surface area contributed by atoms with Crippen LogP contribution in [0.5, 0.6) is 0 Å². The van der Waals surface area contributed by atoms with Gasteiger partial charge in [0.1, 0.15) is 0 Å². The van der Waals surface area contributed by atoms with Crippen LogP contribution in [0.15, 0.2) is 67.1 Å². The number of aromatic amines is 1. The van der Waals surface area contributed by atoms with Crippen LogP contribution in [0.3, 0.4) is 0 Å². The summed E-state index contributed by atoms with van der Waals surface area (Å²) >= 11 is 0. The summed E-state index contributed by atoms with van der Waals surface area (Å²) in [6, 6.07) is 6.93. The molecular weight excluding hydrogens is 413 g/mol. The number of hydrogen-bond donors (Lipinski definition) is 2. The number of anilines is 1. The van der Waals surface area contributed by atoms with Crippen molar-refractivity contribution in [1.82, 2.24) is 9.88 Å². The normalized spacial score (nSPS) is 12.6. The number of hydrogen-bond acceptors (Lipinski definition) is 2. The van der Waals surface area contributed by atoms with Gasteiger partial charge in [0.05, 0.1) is 34.2 Å². The molecule has 0 fully saturated rings. The minimum absolute atomic E-state index is 0.372. The van der Waals surface area contributed by atoms with Gasteiger partial charge in [-0.25, -0.2) is 8.78 Å². The molecule has 3 aromatic rings. The molecule has 1 heterocycles. The van der Waals surface area contributed by atoms with Crippen LogP contribution in [0, 0.1) is 11.6 Å². The van der Waals surface area contributed by atoms with Crippen LogP contribution in [0.1, 0.15) is 30.5 Å². The van der Waals surface area contributed by atoms with Crippen molar-refractivity contribution in [2.75, 3.05) is 12.4 Å². The number of H-pyrrole nitrogens is 1. The zero-order valence-electron chi connectivity index (χ0n) is 17.1. The lowest BCUT2D eigenvalue weighted by Crippen LogP contribution is -2.26. The number of rotatable bonds is 7. The Bertz CT molecular complexity index is 1130. The van der Waals surface area contributed by atoms with Gasteiger partial charge >= 0.3 is 6.18 Å². The number of benzene rings is 2. The Labute approximate surface area is 176 Å². The summed E-state index contributed by atoms with van der Waals surface area (Å²) in [5.74, 6) is -1.94. The number of nitrogens with one attached hydrogen (secondary N) is 2. The van der Waals surface area contributed by atoms with Crippen molar-refractivity contribution in [1.29, 1.82) is 0 Å². The molecule has 2 N–H and O–H groups in total. The molecule has 0 spiro atoms. The maximum atomic E-state index is 13.6. The van der Waals surface area contributed by atoms with Crippen LogP contribution in [0.25, 0.3) is 10.9 Å². The lowest BCUT2D eigenvalue weighted by Gasteiger charge is -2.32. The first-order valence-electron chi connectivity index (χ1n) is 9.54. The average Bonchev–Trinajstić information content (AvgIpc) is 3.09. The second-order valence-electron chi connectivity index (χ2n) is 7.22. The fraction of sp³-hybridized carbons (Fsp3) is 0.217. The van der Waals surface area contributed by atoms with Gasteiger partial charge in [-0.15, -0.1) is 0 Å². The Morgan fingerprint density at radius 3 is 2.45 bits per heavy atom. The molecule has 0 saturated carbocycles. The number of fused-ring (bicyclic) bond motifs is 1. The van der Waals surface area contributed by atoms with E-state index in [1.54, 1.807) is 24.2 Å². The zero-order chi connectivity index (χ0) is 22.9. The van der Waals surface area contributed by atoms with E-state index in [0.29, 0.717) is 40.0 Å². The lowest BCUT2D eigenvalue weighted by molar-refractivity contribution is -0.137. The van der Waals surface area contributed by atoms with E-state index >= 15 is 0 Å². The molecule has 0 aliphatic rings. The highest BCUT2D eigenvalue weighted by Crippen LogP contribution is 2.34. The maximum absolute atomic E-state index is 13.6. The molecule has 164 valence electrons. The predicted molar refractivity (Wildman–Crippen MR) is 112 cm³/mol. The first kappa shape index (κ1) is 22.4. The van der Waals surface area contributed by atoms with Gasteiger partial charge in [0.25, 0.3) is 0 Å². The molecule has 0 saturated heterocycles. The van der Waals surface area contributed by atoms with Crippen LogP contribution in [0.4, 0.5) is 27.6 Å². The molecule has 31 heavy (non-hydrogen) atoms. The fourth-order valence-corrected chi connectivity index (χ4v) is 3.51. The van der Waals surface area contributed by atoms with Gasteiger partial charge in [-0.3, -0.25) is 0 Å². The topological polar surface area (TPSA) is 31.1 Å². The molecule has 1 aromatic heterocycles. The van der Waals surface area contributed by atoms with Crippen LogP contribution in [0.2, 0.25) is 0 Å². The Hall–Kier alpha value is -3.29. The highest BCUT2D eigenvalue weighted by atomic mass is 19.4. The minimum Gasteiger partial charge on any atom is -0.366 e. The SMILES string of the molecule is C=C(Nc1c[nH]c2cc(F)c(F)cc12)C(=C)N(C)[C@@H](CC)c1cccc(C(F)(F)F)c1. The summed E-state index contributed by atoms with van der Waals surface area (Å²) in [6.07, 6.45) is -2.35. The van der Waals surface area contributed by atoms with Gasteiger partial charge in [-0.05, 0) is 30.2 Å². The Balaban J connectivity index is 1.81. The van der Waals surface area contributed by atoms with Gasteiger partial charge in [0, 0.05) is 24.7 Å². The molecule has 1 atom stereocenters. The second kappa shape index (κ2) is 8.45. The third kappa shape index (κ3) is 4.57. The molecule has 0 bridgehead atoms. The molecule has 3 nitrogen and oxygen atoms in total. The van der Waals surface area contributed by atoms with E-state index in [-0.39, 0.29) is 6.04 Å².